The Labute approximate surface area is 196 Å². The Kier molecular flexibility index (Phi) is 68.0. The molecule has 1 aliphatic heterocycles. The van der Waals surface area contributed by atoms with Gasteiger partial charge in [0.15, 0.2) is 9.84 Å². The van der Waals surface area contributed by atoms with Crippen LogP contribution in [0.25, 0.3) is 21.6 Å². The van der Waals surface area contributed by atoms with Crippen molar-refractivity contribution in [3.05, 3.63) is 33.6 Å². The van der Waals surface area contributed by atoms with Gasteiger partial charge in [0.25, 0.3) is 0 Å². The summed E-state index contributed by atoms with van der Waals surface area (Å²) in [6.45, 7) is 3.29. The van der Waals surface area contributed by atoms with Gasteiger partial charge in [0.05, 0.1) is 5.75 Å². The molecule has 0 aromatic heterocycles. The van der Waals surface area contributed by atoms with E-state index in [4.69, 9.17) is 21.6 Å². The third-order valence-electron chi connectivity index (χ3n) is 2.03. The summed E-state index contributed by atoms with van der Waals surface area (Å²) >= 11 is 14.8. The number of sulfone groups is 1. The first-order valence-electron chi connectivity index (χ1n) is 5.84. The second-order valence-corrected chi connectivity index (χ2v) is 8.58. The van der Waals surface area contributed by atoms with Crippen molar-refractivity contribution < 1.29 is 25.8 Å². The number of hydrogen-bond donors (Lipinski definition) is 2. The van der Waals surface area contributed by atoms with Crippen molar-refractivity contribution in [2.24, 2.45) is 0 Å². The molecule has 6 N–H and O–H groups in total. The summed E-state index contributed by atoms with van der Waals surface area (Å²) in [7, 11) is -2.54. The van der Waals surface area contributed by atoms with Gasteiger partial charge < -0.3 is 33.9 Å². The molecule has 27 heavy (non-hydrogen) atoms. The second kappa shape index (κ2) is 40.4. The zero-order valence-electron chi connectivity index (χ0n) is 14.4. The first-order chi connectivity index (χ1) is 11.3. The van der Waals surface area contributed by atoms with E-state index in [2.05, 4.69) is 55.5 Å². The molecule has 1 heterocycles. The zero-order valence-corrected chi connectivity index (χ0v) is 20.6. The van der Waals surface area contributed by atoms with Crippen molar-refractivity contribution in [1.82, 2.24) is 12.3 Å². The van der Waals surface area contributed by atoms with Gasteiger partial charge >= 0.3 is 17.4 Å². The van der Waals surface area contributed by atoms with Gasteiger partial charge in [-0.3, -0.25) is 0 Å². The summed E-state index contributed by atoms with van der Waals surface area (Å²) < 4.78 is 22.1. The molecule has 1 radical (unpaired) electrons. The number of isothiocyanates is 4. The van der Waals surface area contributed by atoms with Crippen molar-refractivity contribution in [1.29, 1.82) is 0 Å². The number of nitrogens with zero attached hydrogens (tertiary/aromatic N) is 4. The van der Waals surface area contributed by atoms with E-state index >= 15 is 0 Å². The van der Waals surface area contributed by atoms with Crippen LogP contribution in [0, 0.1) is 0 Å². The predicted octanol–water partition coefficient (Wildman–Crippen LogP) is 3.91. The van der Waals surface area contributed by atoms with Crippen LogP contribution in [0.1, 0.15) is 12.8 Å². The molecule has 153 valence electrons. The number of thiocarbonyl (C=S) groups is 4. The molecular weight excluding hydrogens is 505 g/mol. The molecule has 1 fully saturated rings. The zero-order chi connectivity index (χ0) is 19.9. The molecule has 8 nitrogen and oxygen atoms in total. The van der Waals surface area contributed by atoms with Crippen LogP contribution in [0.15, 0.2) is 12.0 Å². The van der Waals surface area contributed by atoms with Gasteiger partial charge in [0.2, 0.25) is 0 Å². The monoisotopic (exact) mass is 525 g/mol. The Bertz CT molecular complexity index is 509. The van der Waals surface area contributed by atoms with Crippen molar-refractivity contribution in [2.45, 2.75) is 12.8 Å². The van der Waals surface area contributed by atoms with Crippen LogP contribution in [0.5, 0.6) is 0 Å². The van der Waals surface area contributed by atoms with Crippen molar-refractivity contribution in [3.63, 3.8) is 0 Å². The third-order valence-corrected chi connectivity index (χ3v) is 6.08. The van der Waals surface area contributed by atoms with E-state index in [9.17, 15) is 8.42 Å². The Morgan fingerprint density at radius 2 is 1.15 bits per heavy atom. The maximum absolute atomic E-state index is 11.0. The normalized spacial score (nSPS) is 9.93. The van der Waals surface area contributed by atoms with Crippen molar-refractivity contribution >= 4 is 90.2 Å². The van der Waals surface area contributed by atoms with Crippen LogP contribution in [-0.2, 0) is 38.1 Å². The van der Waals surface area contributed by atoms with Gasteiger partial charge in [-0.05, 0) is 23.7 Å². The van der Waals surface area contributed by atoms with Crippen LogP contribution >= 0.6 is 48.9 Å². The summed E-state index contributed by atoms with van der Waals surface area (Å²) in [5.41, 5.74) is 0. The predicted molar refractivity (Wildman–Crippen MR) is 129 cm³/mol. The number of rotatable bonds is 4. The van der Waals surface area contributed by atoms with Crippen LogP contribution in [0.3, 0.4) is 0 Å². The fourth-order valence-corrected chi connectivity index (χ4v) is 5.11. The first-order valence-corrected chi connectivity index (χ1v) is 10.9. The van der Waals surface area contributed by atoms with E-state index in [-0.39, 0.29) is 29.7 Å². The van der Waals surface area contributed by atoms with E-state index in [1.54, 1.807) is 0 Å². The van der Waals surface area contributed by atoms with E-state index in [0.717, 1.165) is 11.2 Å². The van der Waals surface area contributed by atoms with Gasteiger partial charge in [0, 0.05) is 5.41 Å². The molecule has 0 bridgehead atoms. The maximum Gasteiger partial charge on any atom is 3.00 e. The summed E-state index contributed by atoms with van der Waals surface area (Å²) in [5.74, 6) is 3.65. The largest absolute Gasteiger partial charge is 3.00 e. The maximum atomic E-state index is 11.0. The number of hydrogen-bond acceptors (Lipinski definition) is 8. The van der Waals surface area contributed by atoms with Crippen LogP contribution in [-0.4, -0.2) is 52.1 Å². The molecule has 1 aliphatic rings. The van der Waals surface area contributed by atoms with E-state index in [1.165, 1.54) is 45.0 Å². The fourth-order valence-electron chi connectivity index (χ4n) is 1.24. The van der Waals surface area contributed by atoms with Crippen molar-refractivity contribution in [3.8, 4) is 0 Å². The molecule has 15 heteroatoms. The van der Waals surface area contributed by atoms with E-state index in [1.807, 2.05) is 0 Å². The van der Waals surface area contributed by atoms with Crippen LogP contribution in [0.4, 0.5) is 0 Å². The third kappa shape index (κ3) is 58.6. The minimum Gasteiger partial charge on any atom is -0.753 e. The SMILES string of the molecule is C=CS(=O)(=O)CC[S+]1CCCC1.N.N.[Cr+3].[N-]=C=S.[N-]=C=S.[N-]=C=S.[N-]=C=S. The Hall–Kier alpha value is -0.308. The molecule has 0 aromatic carbocycles. The van der Waals surface area contributed by atoms with Crippen LogP contribution < -0.4 is 12.3 Å². The Morgan fingerprint density at radius 1 is 0.889 bits per heavy atom. The van der Waals surface area contributed by atoms with Crippen LogP contribution in [0.2, 0.25) is 0 Å². The first kappa shape index (κ1) is 45.4. The minimum absolute atomic E-state index is 0. The molecule has 0 aliphatic carbocycles. The molecule has 1 saturated heterocycles. The summed E-state index contributed by atoms with van der Waals surface area (Å²) in [6.07, 6.45) is 2.58. The van der Waals surface area contributed by atoms with E-state index < -0.39 is 9.84 Å². The fraction of sp³-hybridized carbons (Fsp3) is 0.500. The van der Waals surface area contributed by atoms with Gasteiger partial charge in [-0.1, -0.05) is 55.5 Å². The second-order valence-electron chi connectivity index (χ2n) is 3.33. The topological polar surface area (TPSA) is 193 Å². The molecule has 0 spiro atoms. The molecule has 0 unspecified atom stereocenters. The van der Waals surface area contributed by atoms with Gasteiger partial charge in [0.1, 0.15) is 17.3 Å². The van der Waals surface area contributed by atoms with E-state index in [0.29, 0.717) is 16.6 Å². The molecule has 0 amide bonds. The average molecular weight is 526 g/mol. The van der Waals surface area contributed by atoms with Crippen molar-refractivity contribution in [2.75, 3.05) is 23.0 Å². The minimum atomic E-state index is -2.94. The molecular formula is C12H21CrN6O2S6. The standard InChI is InChI=1S/C8H15O2S2.4CNS.Cr.2H3N/c1-2-12(9,10)8-7-11-5-3-4-6-11;4*2-1-3;;;/h2H,1,3-8H2;;;;;;2*1H3/q+1;4*-1;+3;;. The Morgan fingerprint density at radius 3 is 1.37 bits per heavy atom. The van der Waals surface area contributed by atoms with Gasteiger partial charge in [-0.25, -0.2) is 8.42 Å². The summed E-state index contributed by atoms with van der Waals surface area (Å²) in [4.78, 5) is 0. The quantitative estimate of drug-likeness (QED) is 0.313. The molecule has 1 rings (SSSR count). The average Bonchev–Trinajstić information content (AvgIpc) is 3.02. The molecule has 0 saturated carbocycles. The molecule has 0 atom stereocenters. The summed E-state index contributed by atoms with van der Waals surface area (Å²) in [6, 6.07) is 0. The van der Waals surface area contributed by atoms with Gasteiger partial charge in [-0.2, -0.15) is 20.6 Å². The molecule has 0 aromatic rings. The summed E-state index contributed by atoms with van der Waals surface area (Å²) in [5, 5.41) is 34.9. The smallest absolute Gasteiger partial charge is 0.753 e. The Balaban J connectivity index is -0.0000000453. The van der Waals surface area contributed by atoms with Gasteiger partial charge in [-0.15, -0.1) is 0 Å².